The highest BCUT2D eigenvalue weighted by atomic mass is 16.2. The lowest BCUT2D eigenvalue weighted by Gasteiger charge is -2.42. The molecule has 0 aliphatic carbocycles. The standard InChI is InChI=1S/C17H22N2O2/c1-2-14-16(20)18-11-6-9-15(18)17(21)19(14)12-10-13-7-4-3-5-8-13/h3-5,7-8,14-15H,2,6,9-12H2,1H3. The lowest BCUT2D eigenvalue weighted by atomic mass is 10.0. The van der Waals surface area contributed by atoms with Gasteiger partial charge in [0.1, 0.15) is 12.1 Å². The molecule has 0 saturated carbocycles. The summed E-state index contributed by atoms with van der Waals surface area (Å²) in [6.45, 7) is 3.37. The Morgan fingerprint density at radius 3 is 2.62 bits per heavy atom. The molecule has 2 aliphatic heterocycles. The van der Waals surface area contributed by atoms with E-state index >= 15 is 0 Å². The van der Waals surface area contributed by atoms with E-state index in [0.717, 1.165) is 25.8 Å². The van der Waals surface area contributed by atoms with Crippen LogP contribution >= 0.6 is 0 Å². The summed E-state index contributed by atoms with van der Waals surface area (Å²) in [6.07, 6.45) is 3.28. The van der Waals surface area contributed by atoms with Gasteiger partial charge in [0.05, 0.1) is 0 Å². The third kappa shape index (κ3) is 2.55. The number of carbonyl (C=O) groups excluding carboxylic acids is 2. The molecule has 0 N–H and O–H groups in total. The van der Waals surface area contributed by atoms with Gasteiger partial charge in [-0.2, -0.15) is 0 Å². The van der Waals surface area contributed by atoms with Crippen LogP contribution in [0.1, 0.15) is 31.7 Å². The normalized spacial score (nSPS) is 25.4. The lowest BCUT2D eigenvalue weighted by Crippen LogP contribution is -2.62. The Bertz CT molecular complexity index is 529. The van der Waals surface area contributed by atoms with E-state index in [4.69, 9.17) is 0 Å². The zero-order valence-electron chi connectivity index (χ0n) is 12.5. The van der Waals surface area contributed by atoms with Gasteiger partial charge in [0, 0.05) is 13.1 Å². The van der Waals surface area contributed by atoms with E-state index in [2.05, 4.69) is 12.1 Å². The first-order valence-corrected chi connectivity index (χ1v) is 7.87. The first-order valence-electron chi connectivity index (χ1n) is 7.87. The maximum absolute atomic E-state index is 12.7. The molecule has 2 fully saturated rings. The van der Waals surface area contributed by atoms with Gasteiger partial charge >= 0.3 is 0 Å². The molecule has 1 aromatic rings. The van der Waals surface area contributed by atoms with Crippen LogP contribution in [0.3, 0.4) is 0 Å². The number of piperazine rings is 1. The van der Waals surface area contributed by atoms with Crippen molar-refractivity contribution in [2.24, 2.45) is 0 Å². The molecular formula is C17H22N2O2. The molecule has 0 radical (unpaired) electrons. The summed E-state index contributed by atoms with van der Waals surface area (Å²) in [5.41, 5.74) is 1.21. The zero-order valence-corrected chi connectivity index (χ0v) is 12.5. The van der Waals surface area contributed by atoms with Crippen LogP contribution < -0.4 is 0 Å². The second-order valence-electron chi connectivity index (χ2n) is 5.88. The molecule has 0 spiro atoms. The Kier molecular flexibility index (Phi) is 3.95. The minimum absolute atomic E-state index is 0.146. The molecule has 21 heavy (non-hydrogen) atoms. The highest BCUT2D eigenvalue weighted by Gasteiger charge is 2.46. The molecule has 4 heteroatoms. The topological polar surface area (TPSA) is 40.6 Å². The number of hydrogen-bond donors (Lipinski definition) is 0. The Hall–Kier alpha value is -1.84. The minimum atomic E-state index is -0.268. The molecule has 2 unspecified atom stereocenters. The van der Waals surface area contributed by atoms with Crippen LogP contribution in [0, 0.1) is 0 Å². The summed E-state index contributed by atoms with van der Waals surface area (Å²) >= 11 is 0. The third-order valence-electron chi connectivity index (χ3n) is 4.64. The first-order chi connectivity index (χ1) is 10.2. The van der Waals surface area contributed by atoms with E-state index in [1.165, 1.54) is 5.56 Å². The third-order valence-corrected chi connectivity index (χ3v) is 4.64. The summed E-state index contributed by atoms with van der Waals surface area (Å²) in [5.74, 6) is 0.294. The van der Waals surface area contributed by atoms with Gasteiger partial charge in [-0.1, -0.05) is 37.3 Å². The van der Waals surface area contributed by atoms with Crippen LogP contribution in [-0.2, 0) is 16.0 Å². The van der Waals surface area contributed by atoms with E-state index in [9.17, 15) is 9.59 Å². The molecular weight excluding hydrogens is 264 g/mol. The van der Waals surface area contributed by atoms with Crippen molar-refractivity contribution in [3.8, 4) is 0 Å². The number of rotatable bonds is 4. The number of benzene rings is 1. The van der Waals surface area contributed by atoms with Crippen LogP contribution in [0.25, 0.3) is 0 Å². The van der Waals surface area contributed by atoms with E-state index < -0.39 is 0 Å². The van der Waals surface area contributed by atoms with E-state index in [1.54, 1.807) is 4.90 Å². The average Bonchev–Trinajstić information content (AvgIpc) is 3.00. The largest absolute Gasteiger partial charge is 0.329 e. The number of nitrogens with zero attached hydrogens (tertiary/aromatic N) is 2. The smallest absolute Gasteiger partial charge is 0.246 e. The summed E-state index contributed by atoms with van der Waals surface area (Å²) in [7, 11) is 0. The van der Waals surface area contributed by atoms with Crippen LogP contribution in [0.15, 0.2) is 30.3 Å². The van der Waals surface area contributed by atoms with Crippen molar-refractivity contribution in [3.05, 3.63) is 35.9 Å². The molecule has 1 aromatic carbocycles. The molecule has 2 atom stereocenters. The van der Waals surface area contributed by atoms with Crippen molar-refractivity contribution in [1.29, 1.82) is 0 Å². The second-order valence-corrected chi connectivity index (χ2v) is 5.88. The van der Waals surface area contributed by atoms with E-state index in [1.807, 2.05) is 30.0 Å². The molecule has 0 bridgehead atoms. The van der Waals surface area contributed by atoms with Crippen molar-refractivity contribution in [2.45, 2.75) is 44.7 Å². The molecule has 2 amide bonds. The van der Waals surface area contributed by atoms with Gasteiger partial charge < -0.3 is 9.80 Å². The molecule has 3 rings (SSSR count). The Morgan fingerprint density at radius 2 is 1.90 bits per heavy atom. The highest BCUT2D eigenvalue weighted by molar-refractivity contribution is 5.97. The number of carbonyl (C=O) groups is 2. The molecule has 2 aliphatic rings. The predicted octanol–water partition coefficient (Wildman–Crippen LogP) is 1.84. The molecule has 2 saturated heterocycles. The zero-order chi connectivity index (χ0) is 14.8. The van der Waals surface area contributed by atoms with Crippen molar-refractivity contribution in [3.63, 3.8) is 0 Å². The summed E-state index contributed by atoms with van der Waals surface area (Å²) in [5, 5.41) is 0. The van der Waals surface area contributed by atoms with Crippen LogP contribution in [0.5, 0.6) is 0 Å². The fraction of sp³-hybridized carbons (Fsp3) is 0.529. The maximum Gasteiger partial charge on any atom is 0.246 e. The van der Waals surface area contributed by atoms with Crippen LogP contribution in [0.2, 0.25) is 0 Å². The Labute approximate surface area is 125 Å². The highest BCUT2D eigenvalue weighted by Crippen LogP contribution is 2.28. The monoisotopic (exact) mass is 286 g/mol. The van der Waals surface area contributed by atoms with Gasteiger partial charge in [0.15, 0.2) is 0 Å². The first kappa shape index (κ1) is 14.1. The molecule has 4 nitrogen and oxygen atoms in total. The lowest BCUT2D eigenvalue weighted by molar-refractivity contribution is -0.159. The summed E-state index contributed by atoms with van der Waals surface area (Å²) < 4.78 is 0. The Morgan fingerprint density at radius 1 is 1.14 bits per heavy atom. The minimum Gasteiger partial charge on any atom is -0.329 e. The fourth-order valence-corrected chi connectivity index (χ4v) is 3.51. The molecule has 0 aromatic heterocycles. The van der Waals surface area contributed by atoms with Crippen LogP contribution in [0.4, 0.5) is 0 Å². The van der Waals surface area contributed by atoms with E-state index in [-0.39, 0.29) is 23.9 Å². The van der Waals surface area contributed by atoms with Gasteiger partial charge in [-0.05, 0) is 31.2 Å². The van der Waals surface area contributed by atoms with Crippen LogP contribution in [-0.4, -0.2) is 46.8 Å². The van der Waals surface area contributed by atoms with Crippen molar-refractivity contribution in [1.82, 2.24) is 9.80 Å². The summed E-state index contributed by atoms with van der Waals surface area (Å²) in [4.78, 5) is 28.8. The average molecular weight is 286 g/mol. The van der Waals surface area contributed by atoms with Crippen molar-refractivity contribution < 1.29 is 9.59 Å². The van der Waals surface area contributed by atoms with Crippen molar-refractivity contribution in [2.75, 3.05) is 13.1 Å². The molecule has 2 heterocycles. The molecule has 112 valence electrons. The van der Waals surface area contributed by atoms with Gasteiger partial charge in [-0.3, -0.25) is 9.59 Å². The second kappa shape index (κ2) is 5.88. The van der Waals surface area contributed by atoms with Gasteiger partial charge in [-0.15, -0.1) is 0 Å². The van der Waals surface area contributed by atoms with Gasteiger partial charge in [0.2, 0.25) is 11.8 Å². The Balaban J connectivity index is 1.75. The summed E-state index contributed by atoms with van der Waals surface area (Å²) in [6, 6.07) is 9.68. The fourth-order valence-electron chi connectivity index (χ4n) is 3.51. The number of fused-ring (bicyclic) bond motifs is 1. The maximum atomic E-state index is 12.7. The van der Waals surface area contributed by atoms with Gasteiger partial charge in [0.25, 0.3) is 0 Å². The predicted molar refractivity (Wildman–Crippen MR) is 80.7 cm³/mol. The number of amides is 2. The SMILES string of the molecule is CCC1C(=O)N2CCCC2C(=O)N1CCc1ccccc1. The quantitative estimate of drug-likeness (QED) is 0.847. The van der Waals surface area contributed by atoms with E-state index in [0.29, 0.717) is 13.0 Å². The van der Waals surface area contributed by atoms with Crippen molar-refractivity contribution >= 4 is 11.8 Å². The van der Waals surface area contributed by atoms with Gasteiger partial charge in [-0.25, -0.2) is 0 Å². The number of hydrogen-bond acceptors (Lipinski definition) is 2.